The fourth-order valence-corrected chi connectivity index (χ4v) is 2.29. The Morgan fingerprint density at radius 3 is 3.11 bits per heavy atom. The van der Waals surface area contributed by atoms with Gasteiger partial charge in [0.2, 0.25) is 0 Å². The molecular formula is C13H20N4O. The lowest BCUT2D eigenvalue weighted by Gasteiger charge is -2.27. The van der Waals surface area contributed by atoms with Crippen molar-refractivity contribution in [2.75, 3.05) is 24.6 Å². The summed E-state index contributed by atoms with van der Waals surface area (Å²) in [6.07, 6.45) is 4.19. The quantitative estimate of drug-likeness (QED) is 0.609. The van der Waals surface area contributed by atoms with Crippen molar-refractivity contribution in [2.45, 2.75) is 25.9 Å². The molecule has 0 radical (unpaired) electrons. The van der Waals surface area contributed by atoms with Crippen LogP contribution in [0.1, 0.15) is 25.5 Å². The predicted molar refractivity (Wildman–Crippen MR) is 72.1 cm³/mol. The van der Waals surface area contributed by atoms with E-state index < -0.39 is 0 Å². The van der Waals surface area contributed by atoms with Crippen LogP contribution < -0.4 is 10.6 Å². The van der Waals surface area contributed by atoms with Crippen LogP contribution >= 0.6 is 0 Å². The number of ether oxygens (including phenoxy) is 1. The number of nitrogen functional groups attached to an aromatic ring is 1. The summed E-state index contributed by atoms with van der Waals surface area (Å²) in [7, 11) is 0. The van der Waals surface area contributed by atoms with E-state index in [2.05, 4.69) is 16.8 Å². The van der Waals surface area contributed by atoms with Gasteiger partial charge in [0.25, 0.3) is 0 Å². The van der Waals surface area contributed by atoms with E-state index in [0.29, 0.717) is 5.69 Å². The van der Waals surface area contributed by atoms with Crippen LogP contribution in [0.5, 0.6) is 0 Å². The van der Waals surface area contributed by atoms with Crippen LogP contribution in [-0.2, 0) is 4.74 Å². The summed E-state index contributed by atoms with van der Waals surface area (Å²) in [5.74, 6) is 0.0105. The predicted octanol–water partition coefficient (Wildman–Crippen LogP) is 1.37. The van der Waals surface area contributed by atoms with Crippen molar-refractivity contribution in [1.82, 2.24) is 4.98 Å². The Balaban J connectivity index is 2.18. The largest absolute Gasteiger partial charge is 0.382 e. The van der Waals surface area contributed by atoms with Crippen molar-refractivity contribution in [1.29, 1.82) is 5.41 Å². The summed E-state index contributed by atoms with van der Waals surface area (Å²) in [6, 6.07) is 3.84. The third-order valence-electron chi connectivity index (χ3n) is 3.21. The molecule has 1 aromatic heterocycles. The van der Waals surface area contributed by atoms with Gasteiger partial charge in [0.15, 0.2) is 0 Å². The molecule has 1 atom stereocenters. The maximum Gasteiger partial charge on any atom is 0.143 e. The summed E-state index contributed by atoms with van der Waals surface area (Å²) in [4.78, 5) is 6.37. The average Bonchev–Trinajstić information content (AvgIpc) is 2.88. The normalized spacial score (nSPS) is 18.8. The summed E-state index contributed by atoms with van der Waals surface area (Å²) in [5, 5.41) is 7.59. The third-order valence-corrected chi connectivity index (χ3v) is 3.21. The van der Waals surface area contributed by atoms with Crippen LogP contribution in [0.15, 0.2) is 18.3 Å². The fourth-order valence-electron chi connectivity index (χ4n) is 2.29. The molecule has 1 aliphatic rings. The van der Waals surface area contributed by atoms with Gasteiger partial charge in [-0.1, -0.05) is 0 Å². The first-order valence-electron chi connectivity index (χ1n) is 6.38. The zero-order valence-electron chi connectivity index (χ0n) is 10.7. The van der Waals surface area contributed by atoms with Crippen LogP contribution in [0.4, 0.5) is 5.69 Å². The molecule has 0 amide bonds. The summed E-state index contributed by atoms with van der Waals surface area (Å²) < 4.78 is 5.66. The van der Waals surface area contributed by atoms with Crippen molar-refractivity contribution >= 4 is 11.5 Å². The van der Waals surface area contributed by atoms with E-state index >= 15 is 0 Å². The highest BCUT2D eigenvalue weighted by molar-refractivity contribution is 5.98. The average molecular weight is 248 g/mol. The molecular weight excluding hydrogens is 228 g/mol. The molecule has 0 saturated carbocycles. The third kappa shape index (κ3) is 2.79. The van der Waals surface area contributed by atoms with E-state index in [1.807, 2.05) is 12.1 Å². The monoisotopic (exact) mass is 248 g/mol. The fraction of sp³-hybridized carbons (Fsp3) is 0.538. The van der Waals surface area contributed by atoms with Gasteiger partial charge in [-0.15, -0.1) is 0 Å². The number of amidine groups is 1. The van der Waals surface area contributed by atoms with E-state index in [1.54, 1.807) is 6.20 Å². The lowest BCUT2D eigenvalue weighted by Crippen LogP contribution is -2.34. The molecule has 0 spiro atoms. The van der Waals surface area contributed by atoms with Gasteiger partial charge in [0.05, 0.1) is 11.8 Å². The highest BCUT2D eigenvalue weighted by atomic mass is 16.5. The van der Waals surface area contributed by atoms with Crippen LogP contribution in [0.25, 0.3) is 0 Å². The minimum atomic E-state index is 0.0105. The molecule has 5 heteroatoms. The van der Waals surface area contributed by atoms with Crippen molar-refractivity contribution < 1.29 is 4.74 Å². The molecule has 0 aliphatic carbocycles. The molecule has 1 saturated heterocycles. The van der Waals surface area contributed by atoms with Crippen molar-refractivity contribution in [2.24, 2.45) is 5.73 Å². The molecule has 1 aromatic rings. The second-order valence-corrected chi connectivity index (χ2v) is 4.46. The molecule has 3 N–H and O–H groups in total. The number of anilines is 1. The maximum atomic E-state index is 7.59. The van der Waals surface area contributed by atoms with Gasteiger partial charge >= 0.3 is 0 Å². The van der Waals surface area contributed by atoms with E-state index in [4.69, 9.17) is 15.9 Å². The Morgan fingerprint density at radius 2 is 2.50 bits per heavy atom. The highest BCUT2D eigenvalue weighted by Crippen LogP contribution is 2.21. The standard InChI is InChI=1S/C13H20N4O/c1-2-17(9-10-5-4-8-18-10)11-6-3-7-16-12(11)13(14)15/h3,6-7,10H,2,4-5,8-9H2,1H3,(H3,14,15). The number of rotatable bonds is 5. The lowest BCUT2D eigenvalue weighted by atomic mass is 10.2. The van der Waals surface area contributed by atoms with Crippen LogP contribution in [-0.4, -0.2) is 36.6 Å². The van der Waals surface area contributed by atoms with Crippen LogP contribution in [0.2, 0.25) is 0 Å². The van der Waals surface area contributed by atoms with Gasteiger partial charge in [-0.05, 0) is 31.9 Å². The van der Waals surface area contributed by atoms with Crippen LogP contribution in [0, 0.1) is 5.41 Å². The first-order chi connectivity index (χ1) is 8.72. The molecule has 18 heavy (non-hydrogen) atoms. The summed E-state index contributed by atoms with van der Waals surface area (Å²) in [5.41, 5.74) is 7.05. The first-order valence-corrected chi connectivity index (χ1v) is 6.38. The molecule has 0 bridgehead atoms. The van der Waals surface area contributed by atoms with Gasteiger partial charge in [0, 0.05) is 25.9 Å². The molecule has 0 aromatic carbocycles. The zero-order chi connectivity index (χ0) is 13.0. The molecule has 2 heterocycles. The molecule has 1 fully saturated rings. The number of nitrogens with two attached hydrogens (primary N) is 1. The van der Waals surface area contributed by atoms with Crippen molar-refractivity contribution in [3.05, 3.63) is 24.0 Å². The number of hydrogen-bond donors (Lipinski definition) is 2. The Morgan fingerprint density at radius 1 is 1.67 bits per heavy atom. The molecule has 2 rings (SSSR count). The molecule has 1 aliphatic heterocycles. The van der Waals surface area contributed by atoms with Crippen LogP contribution in [0.3, 0.4) is 0 Å². The SMILES string of the molecule is CCN(CC1CCCO1)c1cccnc1C(=N)N. The Kier molecular flexibility index (Phi) is 4.15. The second-order valence-electron chi connectivity index (χ2n) is 4.46. The van der Waals surface area contributed by atoms with Crippen molar-refractivity contribution in [3.8, 4) is 0 Å². The Hall–Kier alpha value is -1.62. The van der Waals surface area contributed by atoms with Gasteiger partial charge in [-0.25, -0.2) is 0 Å². The van der Waals surface area contributed by atoms with Gasteiger partial charge < -0.3 is 15.4 Å². The number of pyridine rings is 1. The lowest BCUT2D eigenvalue weighted by molar-refractivity contribution is 0.115. The molecule has 5 nitrogen and oxygen atoms in total. The maximum absolute atomic E-state index is 7.59. The zero-order valence-corrected chi connectivity index (χ0v) is 10.7. The topological polar surface area (TPSA) is 75.2 Å². The highest BCUT2D eigenvalue weighted by Gasteiger charge is 2.20. The van der Waals surface area contributed by atoms with E-state index in [1.165, 1.54) is 0 Å². The Labute approximate surface area is 107 Å². The number of hydrogen-bond acceptors (Lipinski definition) is 4. The summed E-state index contributed by atoms with van der Waals surface area (Å²) in [6.45, 7) is 4.63. The minimum Gasteiger partial charge on any atom is -0.382 e. The van der Waals surface area contributed by atoms with Gasteiger partial charge in [0.1, 0.15) is 11.5 Å². The smallest absolute Gasteiger partial charge is 0.143 e. The molecule has 98 valence electrons. The van der Waals surface area contributed by atoms with E-state index in [9.17, 15) is 0 Å². The number of nitrogens with one attached hydrogen (secondary N) is 1. The summed E-state index contributed by atoms with van der Waals surface area (Å²) >= 11 is 0. The Bertz CT molecular complexity index is 415. The first kappa shape index (κ1) is 12.8. The van der Waals surface area contributed by atoms with Crippen molar-refractivity contribution in [3.63, 3.8) is 0 Å². The minimum absolute atomic E-state index is 0.0105. The number of aromatic nitrogens is 1. The van der Waals surface area contributed by atoms with Gasteiger partial charge in [-0.2, -0.15) is 0 Å². The second kappa shape index (κ2) is 5.82. The number of nitrogens with zero attached hydrogens (tertiary/aromatic N) is 2. The van der Waals surface area contributed by atoms with E-state index in [0.717, 1.165) is 38.2 Å². The molecule has 1 unspecified atom stereocenters. The number of likely N-dealkylation sites (N-methyl/N-ethyl adjacent to an activating group) is 1. The van der Waals surface area contributed by atoms with E-state index in [-0.39, 0.29) is 11.9 Å². The van der Waals surface area contributed by atoms with Gasteiger partial charge in [-0.3, -0.25) is 10.4 Å².